The Morgan fingerprint density at radius 1 is 1.59 bits per heavy atom. The quantitative estimate of drug-likeness (QED) is 0.855. The highest BCUT2D eigenvalue weighted by Crippen LogP contribution is 2.16. The van der Waals surface area contributed by atoms with Crippen molar-refractivity contribution in [3.63, 3.8) is 0 Å². The van der Waals surface area contributed by atoms with Gasteiger partial charge in [0.05, 0.1) is 17.9 Å². The van der Waals surface area contributed by atoms with Crippen LogP contribution in [-0.4, -0.2) is 31.3 Å². The molecular formula is C10H14N4O2S. The number of aliphatic hydroxyl groups excluding tert-OH is 1. The monoisotopic (exact) mass is 254 g/mol. The van der Waals surface area contributed by atoms with E-state index in [4.69, 9.17) is 4.52 Å². The lowest BCUT2D eigenvalue weighted by Crippen LogP contribution is -2.08. The lowest BCUT2D eigenvalue weighted by atomic mass is 10.2. The summed E-state index contributed by atoms with van der Waals surface area (Å²) in [6.45, 7) is 0. The molecule has 2 aromatic heterocycles. The van der Waals surface area contributed by atoms with E-state index >= 15 is 0 Å². The van der Waals surface area contributed by atoms with E-state index in [1.54, 1.807) is 35.8 Å². The third-order valence-corrected chi connectivity index (χ3v) is 2.90. The van der Waals surface area contributed by atoms with E-state index in [1.807, 2.05) is 6.26 Å². The van der Waals surface area contributed by atoms with Gasteiger partial charge in [0, 0.05) is 13.2 Å². The summed E-state index contributed by atoms with van der Waals surface area (Å²) >= 11 is 1.63. The summed E-state index contributed by atoms with van der Waals surface area (Å²) in [6.07, 6.45) is 3.25. The van der Waals surface area contributed by atoms with Gasteiger partial charge in [-0.3, -0.25) is 4.68 Å². The Hall–Kier alpha value is -1.34. The number of hydrogen-bond donors (Lipinski definition) is 1. The van der Waals surface area contributed by atoms with Crippen molar-refractivity contribution in [3.8, 4) is 0 Å². The molecule has 0 bridgehead atoms. The number of thioether (sulfide) groups is 1. The predicted octanol–water partition coefficient (Wildman–Crippen LogP) is 0.942. The first kappa shape index (κ1) is 12.1. The summed E-state index contributed by atoms with van der Waals surface area (Å²) in [5.74, 6) is 1.82. The molecule has 1 atom stereocenters. The zero-order chi connectivity index (χ0) is 12.3. The molecule has 1 N–H and O–H groups in total. The van der Waals surface area contributed by atoms with Crippen LogP contribution in [0.3, 0.4) is 0 Å². The molecule has 0 saturated carbocycles. The Morgan fingerprint density at radius 2 is 2.41 bits per heavy atom. The van der Waals surface area contributed by atoms with Crippen molar-refractivity contribution in [3.05, 3.63) is 29.7 Å². The summed E-state index contributed by atoms with van der Waals surface area (Å²) in [5.41, 5.74) is 0.731. The molecule has 17 heavy (non-hydrogen) atoms. The minimum atomic E-state index is -0.676. The lowest BCUT2D eigenvalue weighted by Gasteiger charge is -2.07. The summed E-state index contributed by atoms with van der Waals surface area (Å²) in [6, 6.07) is 1.77. The summed E-state index contributed by atoms with van der Waals surface area (Å²) in [7, 11) is 1.78. The number of aliphatic hydroxyl groups is 1. The molecule has 7 heteroatoms. The maximum absolute atomic E-state index is 9.99. The van der Waals surface area contributed by atoms with Gasteiger partial charge in [-0.2, -0.15) is 21.8 Å². The van der Waals surface area contributed by atoms with Crippen LogP contribution in [0.2, 0.25) is 0 Å². The second-order valence-electron chi connectivity index (χ2n) is 3.64. The van der Waals surface area contributed by atoms with Crippen LogP contribution in [-0.2, 0) is 19.2 Å². The van der Waals surface area contributed by atoms with Gasteiger partial charge >= 0.3 is 0 Å². The minimum absolute atomic E-state index is 0.306. The smallest absolute Gasteiger partial charge is 0.229 e. The Bertz CT molecular complexity index is 482. The van der Waals surface area contributed by atoms with Crippen LogP contribution in [0, 0.1) is 0 Å². The molecule has 92 valence electrons. The largest absolute Gasteiger partial charge is 0.386 e. The predicted molar refractivity (Wildman–Crippen MR) is 63.4 cm³/mol. The Balaban J connectivity index is 2.02. The average molecular weight is 254 g/mol. The fraction of sp³-hybridized carbons (Fsp3) is 0.500. The number of aryl methyl sites for hydroxylation is 1. The maximum atomic E-state index is 9.99. The van der Waals surface area contributed by atoms with E-state index in [1.165, 1.54) is 0 Å². The standard InChI is InChI=1S/C10H14N4O2S/c1-14-7(3-4-11-14)8(15)5-10-12-9(6-17-2)13-16-10/h3-4,8,15H,5-6H2,1-2H3. The Kier molecular flexibility index (Phi) is 3.80. The van der Waals surface area contributed by atoms with E-state index < -0.39 is 6.10 Å². The lowest BCUT2D eigenvalue weighted by molar-refractivity contribution is 0.155. The normalized spacial score (nSPS) is 12.9. The van der Waals surface area contributed by atoms with Gasteiger partial charge in [-0.15, -0.1) is 0 Å². The maximum Gasteiger partial charge on any atom is 0.229 e. The second-order valence-corrected chi connectivity index (χ2v) is 4.50. The number of aromatic nitrogens is 4. The van der Waals surface area contributed by atoms with Crippen LogP contribution < -0.4 is 0 Å². The third kappa shape index (κ3) is 2.86. The summed E-state index contributed by atoms with van der Waals surface area (Å²) in [4.78, 5) is 4.19. The molecule has 0 radical (unpaired) electrons. The average Bonchev–Trinajstić information content (AvgIpc) is 2.88. The molecule has 0 aliphatic rings. The molecule has 1 unspecified atom stereocenters. The van der Waals surface area contributed by atoms with Gasteiger partial charge < -0.3 is 9.63 Å². The van der Waals surface area contributed by atoms with Crippen molar-refractivity contribution in [2.24, 2.45) is 7.05 Å². The van der Waals surface area contributed by atoms with E-state index in [-0.39, 0.29) is 0 Å². The van der Waals surface area contributed by atoms with Gasteiger partial charge in [0.25, 0.3) is 0 Å². The molecule has 0 aliphatic carbocycles. The van der Waals surface area contributed by atoms with Crippen LogP contribution >= 0.6 is 11.8 Å². The van der Waals surface area contributed by atoms with Crippen molar-refractivity contribution >= 4 is 11.8 Å². The van der Waals surface area contributed by atoms with Crippen LogP contribution in [0.1, 0.15) is 23.5 Å². The fourth-order valence-electron chi connectivity index (χ4n) is 1.54. The zero-order valence-electron chi connectivity index (χ0n) is 9.70. The van der Waals surface area contributed by atoms with E-state index in [0.29, 0.717) is 23.9 Å². The first-order chi connectivity index (χ1) is 8.20. The van der Waals surface area contributed by atoms with Crippen molar-refractivity contribution in [1.29, 1.82) is 0 Å². The molecule has 0 saturated heterocycles. The zero-order valence-corrected chi connectivity index (χ0v) is 10.5. The van der Waals surface area contributed by atoms with Crippen LogP contribution in [0.4, 0.5) is 0 Å². The van der Waals surface area contributed by atoms with Crippen LogP contribution in [0.5, 0.6) is 0 Å². The second kappa shape index (κ2) is 5.33. The third-order valence-electron chi connectivity index (χ3n) is 2.35. The molecule has 0 aromatic carbocycles. The fourth-order valence-corrected chi connectivity index (χ4v) is 1.92. The number of rotatable bonds is 5. The van der Waals surface area contributed by atoms with E-state index in [9.17, 15) is 5.11 Å². The molecule has 0 amide bonds. The highest BCUT2D eigenvalue weighted by atomic mass is 32.2. The van der Waals surface area contributed by atoms with Crippen molar-refractivity contribution in [2.45, 2.75) is 18.3 Å². The van der Waals surface area contributed by atoms with Gasteiger partial charge in [-0.1, -0.05) is 5.16 Å². The number of hydrogen-bond acceptors (Lipinski definition) is 6. The SMILES string of the molecule is CSCc1noc(CC(O)c2ccnn2C)n1. The van der Waals surface area contributed by atoms with Crippen LogP contribution in [0.15, 0.2) is 16.8 Å². The number of nitrogens with zero attached hydrogens (tertiary/aromatic N) is 4. The van der Waals surface area contributed by atoms with E-state index in [2.05, 4.69) is 15.2 Å². The molecule has 0 spiro atoms. The van der Waals surface area contributed by atoms with Gasteiger partial charge in [0.1, 0.15) is 6.10 Å². The van der Waals surface area contributed by atoms with Gasteiger partial charge in [0.15, 0.2) is 5.82 Å². The molecular weight excluding hydrogens is 240 g/mol. The van der Waals surface area contributed by atoms with Crippen molar-refractivity contribution < 1.29 is 9.63 Å². The molecule has 0 fully saturated rings. The molecule has 2 aromatic rings. The first-order valence-electron chi connectivity index (χ1n) is 5.17. The van der Waals surface area contributed by atoms with Gasteiger partial charge in [-0.25, -0.2) is 0 Å². The minimum Gasteiger partial charge on any atom is -0.386 e. The van der Waals surface area contributed by atoms with E-state index in [0.717, 1.165) is 5.69 Å². The highest BCUT2D eigenvalue weighted by molar-refractivity contribution is 7.97. The van der Waals surface area contributed by atoms with Crippen molar-refractivity contribution in [2.75, 3.05) is 6.26 Å². The van der Waals surface area contributed by atoms with Gasteiger partial charge in [-0.05, 0) is 12.3 Å². The first-order valence-corrected chi connectivity index (χ1v) is 6.56. The molecule has 2 rings (SSSR count). The molecule has 0 aliphatic heterocycles. The molecule has 6 nitrogen and oxygen atoms in total. The topological polar surface area (TPSA) is 77.0 Å². The summed E-state index contributed by atoms with van der Waals surface area (Å²) < 4.78 is 6.69. The Morgan fingerprint density at radius 3 is 3.06 bits per heavy atom. The summed E-state index contributed by atoms with van der Waals surface area (Å²) in [5, 5.41) is 17.8. The highest BCUT2D eigenvalue weighted by Gasteiger charge is 2.16. The van der Waals surface area contributed by atoms with Gasteiger partial charge in [0.2, 0.25) is 5.89 Å². The van der Waals surface area contributed by atoms with Crippen molar-refractivity contribution in [1.82, 2.24) is 19.9 Å². The molecule has 2 heterocycles. The van der Waals surface area contributed by atoms with Crippen LogP contribution in [0.25, 0.3) is 0 Å². The Labute approximate surface area is 103 Å².